The van der Waals surface area contributed by atoms with Crippen molar-refractivity contribution in [1.29, 1.82) is 0 Å². The molecular weight excluding hydrogens is 452 g/mol. The lowest BCUT2D eigenvalue weighted by atomic mass is 10.0. The van der Waals surface area contributed by atoms with Gasteiger partial charge in [0.25, 0.3) is 0 Å². The average molecular weight is 487 g/mol. The number of unbranched alkanes of at least 4 members (excludes halogenated alkanes) is 1. The third kappa shape index (κ3) is 5.70. The van der Waals surface area contributed by atoms with Gasteiger partial charge in [-0.05, 0) is 62.9 Å². The van der Waals surface area contributed by atoms with Crippen molar-refractivity contribution in [1.82, 2.24) is 9.55 Å². The molecule has 0 aliphatic rings. The largest absolute Gasteiger partial charge is 0.514 e. The van der Waals surface area contributed by atoms with Gasteiger partial charge in [-0.15, -0.1) is 0 Å². The Bertz CT molecular complexity index is 1360. The van der Waals surface area contributed by atoms with E-state index in [0.717, 1.165) is 58.4 Å². The molecule has 1 N–H and O–H groups in total. The molecule has 0 aliphatic heterocycles. The number of phenols is 1. The van der Waals surface area contributed by atoms with E-state index in [-0.39, 0.29) is 5.75 Å². The van der Waals surface area contributed by atoms with Crippen molar-refractivity contribution >= 4 is 17.2 Å². The lowest BCUT2D eigenvalue weighted by Gasteiger charge is -2.19. The van der Waals surface area contributed by atoms with Crippen molar-refractivity contribution in [3.63, 3.8) is 0 Å². The lowest BCUT2D eigenvalue weighted by molar-refractivity contribution is 0.0207. The molecule has 1 aromatic heterocycles. The minimum absolute atomic E-state index is 0.246. The maximum atomic E-state index is 12.2. The number of imidazole rings is 1. The molecule has 188 valence electrons. The van der Waals surface area contributed by atoms with Crippen molar-refractivity contribution in [3.05, 3.63) is 77.6 Å². The molecule has 4 rings (SSSR count). The van der Waals surface area contributed by atoms with Crippen LogP contribution in [-0.4, -0.2) is 26.4 Å². The first-order chi connectivity index (χ1) is 17.2. The van der Waals surface area contributed by atoms with Gasteiger partial charge in [-0.3, -0.25) is 0 Å². The fraction of sp³-hybridized carbons (Fsp3) is 0.333. The molecule has 0 atom stereocenters. The van der Waals surface area contributed by atoms with Gasteiger partial charge >= 0.3 is 6.16 Å². The van der Waals surface area contributed by atoms with Crippen molar-refractivity contribution in [2.45, 2.75) is 66.0 Å². The maximum Gasteiger partial charge on any atom is 0.514 e. The first-order valence-electron chi connectivity index (χ1n) is 12.4. The Kier molecular flexibility index (Phi) is 7.34. The number of hydrogen-bond donors (Lipinski definition) is 1. The summed E-state index contributed by atoms with van der Waals surface area (Å²) in [4.78, 5) is 17.1. The molecule has 4 aromatic rings. The summed E-state index contributed by atoms with van der Waals surface area (Å²) in [6.45, 7) is 10.2. The maximum absolute atomic E-state index is 12.2. The normalized spacial score (nSPS) is 11.6. The fourth-order valence-electron chi connectivity index (χ4n) is 4.22. The summed E-state index contributed by atoms with van der Waals surface area (Å²) in [6.07, 6.45) is 2.25. The fourth-order valence-corrected chi connectivity index (χ4v) is 4.22. The minimum atomic E-state index is -0.728. The molecule has 6 heteroatoms. The van der Waals surface area contributed by atoms with Crippen molar-refractivity contribution in [3.8, 4) is 22.6 Å². The summed E-state index contributed by atoms with van der Waals surface area (Å²) in [5, 5.41) is 10.6. The number of phenolic OH excluding ortho intramolecular Hbond substituents is 1. The van der Waals surface area contributed by atoms with Gasteiger partial charge in [-0.2, -0.15) is 0 Å². The van der Waals surface area contributed by atoms with E-state index in [1.54, 1.807) is 32.9 Å². The quantitative estimate of drug-likeness (QED) is 0.217. The zero-order valence-corrected chi connectivity index (χ0v) is 21.7. The Morgan fingerprint density at radius 3 is 2.44 bits per heavy atom. The molecule has 6 nitrogen and oxygen atoms in total. The molecule has 1 heterocycles. The van der Waals surface area contributed by atoms with Gasteiger partial charge in [0.15, 0.2) is 0 Å². The lowest BCUT2D eigenvalue weighted by Crippen LogP contribution is -2.26. The van der Waals surface area contributed by atoms with E-state index in [2.05, 4.69) is 23.6 Å². The number of carbonyl (C=O) groups is 1. The molecule has 0 saturated heterocycles. The van der Waals surface area contributed by atoms with Gasteiger partial charge in [-0.25, -0.2) is 9.78 Å². The van der Waals surface area contributed by atoms with E-state index < -0.39 is 11.8 Å². The number of rotatable bonds is 7. The molecule has 0 amide bonds. The predicted molar refractivity (Wildman–Crippen MR) is 143 cm³/mol. The van der Waals surface area contributed by atoms with Crippen LogP contribution in [-0.2, 0) is 17.7 Å². The van der Waals surface area contributed by atoms with Crippen LogP contribution in [0.5, 0.6) is 11.5 Å². The van der Waals surface area contributed by atoms with E-state index in [0.29, 0.717) is 12.3 Å². The number of benzene rings is 3. The smallest absolute Gasteiger partial charge is 0.506 e. The number of aromatic nitrogens is 2. The first kappa shape index (κ1) is 25.3. The Morgan fingerprint density at radius 1 is 1.03 bits per heavy atom. The van der Waals surface area contributed by atoms with Crippen LogP contribution in [0.2, 0.25) is 0 Å². The van der Waals surface area contributed by atoms with Crippen LogP contribution in [0.3, 0.4) is 0 Å². The number of hydrogen-bond acceptors (Lipinski definition) is 5. The van der Waals surface area contributed by atoms with Crippen LogP contribution < -0.4 is 4.74 Å². The van der Waals surface area contributed by atoms with Crippen LogP contribution in [0.25, 0.3) is 22.2 Å². The number of aryl methyl sites for hydroxylation is 2. The monoisotopic (exact) mass is 486 g/mol. The molecule has 0 unspecified atom stereocenters. The second-order valence-corrected chi connectivity index (χ2v) is 10.1. The van der Waals surface area contributed by atoms with Crippen LogP contribution >= 0.6 is 0 Å². The van der Waals surface area contributed by atoms with Gasteiger partial charge in [0.05, 0.1) is 5.52 Å². The van der Waals surface area contributed by atoms with Crippen LogP contribution in [0.4, 0.5) is 4.79 Å². The molecule has 0 spiro atoms. The summed E-state index contributed by atoms with van der Waals surface area (Å²) in [5.74, 6) is 1.68. The van der Waals surface area contributed by atoms with Crippen LogP contribution in [0.15, 0.2) is 60.7 Å². The zero-order chi connectivity index (χ0) is 25.9. The molecule has 0 fully saturated rings. The standard InChI is InChI=1S/C30H34N2O4/c1-6-7-12-26-31-27-20(2)13-18-24(33)28(27)32(26)19-21-14-16-22(17-15-21)23-10-8-9-11-25(23)35-29(34)36-30(3,4)5/h8-11,13-18,33H,6-7,12,19H2,1-5H3. The summed E-state index contributed by atoms with van der Waals surface area (Å²) >= 11 is 0. The molecule has 36 heavy (non-hydrogen) atoms. The molecule has 0 radical (unpaired) electrons. The topological polar surface area (TPSA) is 73.6 Å². The highest BCUT2D eigenvalue weighted by molar-refractivity contribution is 5.85. The first-order valence-corrected chi connectivity index (χ1v) is 12.4. The number of aromatic hydroxyl groups is 1. The van der Waals surface area contributed by atoms with Gasteiger partial charge in [0, 0.05) is 18.5 Å². The second-order valence-electron chi connectivity index (χ2n) is 10.1. The third-order valence-electron chi connectivity index (χ3n) is 5.98. The summed E-state index contributed by atoms with van der Waals surface area (Å²) in [7, 11) is 0. The van der Waals surface area contributed by atoms with E-state index in [1.165, 1.54) is 0 Å². The van der Waals surface area contributed by atoms with E-state index >= 15 is 0 Å². The van der Waals surface area contributed by atoms with Crippen molar-refractivity contribution in [2.75, 3.05) is 0 Å². The number of ether oxygens (including phenoxy) is 2. The molecule has 0 bridgehead atoms. The average Bonchev–Trinajstić information content (AvgIpc) is 3.19. The Labute approximate surface area is 212 Å². The highest BCUT2D eigenvalue weighted by Crippen LogP contribution is 2.32. The van der Waals surface area contributed by atoms with Crippen LogP contribution in [0.1, 0.15) is 57.5 Å². The molecule has 0 aliphatic carbocycles. The van der Waals surface area contributed by atoms with Gasteiger partial charge < -0.3 is 19.1 Å². The van der Waals surface area contributed by atoms with Gasteiger partial charge in [0.2, 0.25) is 0 Å². The van der Waals surface area contributed by atoms with Gasteiger partial charge in [0.1, 0.15) is 28.4 Å². The predicted octanol–water partition coefficient (Wildman–Crippen LogP) is 7.42. The SMILES string of the molecule is CCCCc1nc2c(C)ccc(O)c2n1Cc1ccc(-c2ccccc2OC(=O)OC(C)(C)C)cc1. The highest BCUT2D eigenvalue weighted by Gasteiger charge is 2.20. The minimum Gasteiger partial charge on any atom is -0.506 e. The van der Waals surface area contributed by atoms with E-state index in [1.807, 2.05) is 43.3 Å². The Hall–Kier alpha value is -3.80. The summed E-state index contributed by atoms with van der Waals surface area (Å²) in [6, 6.07) is 19.2. The zero-order valence-electron chi connectivity index (χ0n) is 21.7. The highest BCUT2D eigenvalue weighted by atomic mass is 16.7. The number of nitrogens with zero attached hydrogens (tertiary/aromatic N) is 2. The van der Waals surface area contributed by atoms with Crippen molar-refractivity contribution in [2.24, 2.45) is 0 Å². The Morgan fingerprint density at radius 2 is 1.75 bits per heavy atom. The summed E-state index contributed by atoms with van der Waals surface area (Å²) < 4.78 is 13.0. The second kappa shape index (κ2) is 10.4. The molecular formula is C30H34N2O4. The Balaban J connectivity index is 1.62. The number of carbonyl (C=O) groups excluding carboxylic acids is 1. The summed E-state index contributed by atoms with van der Waals surface area (Å²) in [5.41, 5.74) is 4.87. The molecule has 3 aromatic carbocycles. The van der Waals surface area contributed by atoms with E-state index in [4.69, 9.17) is 14.5 Å². The van der Waals surface area contributed by atoms with Crippen LogP contribution in [0, 0.1) is 6.92 Å². The van der Waals surface area contributed by atoms with Gasteiger partial charge in [-0.1, -0.05) is 61.9 Å². The number of para-hydroxylation sites is 1. The number of fused-ring (bicyclic) bond motifs is 1. The van der Waals surface area contributed by atoms with E-state index in [9.17, 15) is 9.90 Å². The van der Waals surface area contributed by atoms with Crippen molar-refractivity contribution < 1.29 is 19.4 Å². The molecule has 0 saturated carbocycles. The third-order valence-corrected chi connectivity index (χ3v) is 5.98.